The summed E-state index contributed by atoms with van der Waals surface area (Å²) in [6, 6.07) is -0.650. The Hall–Kier alpha value is -1.77. The minimum absolute atomic E-state index is 0.103. The lowest BCUT2D eigenvalue weighted by Gasteiger charge is -2.35. The van der Waals surface area contributed by atoms with Crippen molar-refractivity contribution in [2.24, 2.45) is 11.8 Å². The van der Waals surface area contributed by atoms with Gasteiger partial charge in [-0.25, -0.2) is 0 Å². The van der Waals surface area contributed by atoms with Gasteiger partial charge in [-0.05, 0) is 6.42 Å². The van der Waals surface area contributed by atoms with Crippen LogP contribution in [0.5, 0.6) is 0 Å². The molecule has 110 valence electrons. The second-order valence-electron chi connectivity index (χ2n) is 4.76. The highest BCUT2D eigenvalue weighted by Gasteiger charge is 2.42. The fourth-order valence-corrected chi connectivity index (χ4v) is 3.21. The molecule has 0 spiro atoms. The van der Waals surface area contributed by atoms with Crippen LogP contribution in [0.25, 0.3) is 0 Å². The molecule has 3 atom stereocenters. The van der Waals surface area contributed by atoms with E-state index in [4.69, 9.17) is 10.2 Å². The van der Waals surface area contributed by atoms with Crippen molar-refractivity contribution in [2.75, 3.05) is 18.8 Å². The first kappa shape index (κ1) is 14.6. The molecule has 0 aromatic heterocycles. The number of piperidine rings is 1. The van der Waals surface area contributed by atoms with Crippen LogP contribution in [0.3, 0.4) is 0 Å². The van der Waals surface area contributed by atoms with Crippen LogP contribution in [-0.4, -0.2) is 63.1 Å². The number of thioether (sulfide) groups is 1. The van der Waals surface area contributed by atoms with Crippen molar-refractivity contribution >= 4 is 34.8 Å². The van der Waals surface area contributed by atoms with E-state index in [0.29, 0.717) is 5.75 Å². The van der Waals surface area contributed by atoms with Gasteiger partial charge in [0.2, 0.25) is 5.91 Å². The average molecular weight is 302 g/mol. The average Bonchev–Trinajstić information content (AvgIpc) is 2.83. The molecule has 0 saturated carbocycles. The smallest absolute Gasteiger partial charge is 0.309 e. The first-order valence-electron chi connectivity index (χ1n) is 6.08. The van der Waals surface area contributed by atoms with E-state index in [1.165, 1.54) is 4.90 Å². The highest BCUT2D eigenvalue weighted by Crippen LogP contribution is 2.26. The van der Waals surface area contributed by atoms with Crippen LogP contribution in [0.4, 0.5) is 4.79 Å². The lowest BCUT2D eigenvalue weighted by atomic mass is 9.85. The number of hydrogen-bond donors (Lipinski definition) is 3. The molecule has 0 bridgehead atoms. The monoisotopic (exact) mass is 302 g/mol. The Morgan fingerprint density at radius 3 is 2.35 bits per heavy atom. The molecule has 2 heterocycles. The fraction of sp³-hybridized carbons (Fsp3) is 0.636. The number of nitrogens with one attached hydrogen (secondary N) is 1. The number of carbonyl (C=O) groups is 4. The molecule has 8 nitrogen and oxygen atoms in total. The quantitative estimate of drug-likeness (QED) is 0.638. The van der Waals surface area contributed by atoms with Gasteiger partial charge in [0.05, 0.1) is 11.8 Å². The molecule has 2 aliphatic heterocycles. The molecule has 2 rings (SSSR count). The van der Waals surface area contributed by atoms with Crippen LogP contribution >= 0.6 is 11.8 Å². The van der Waals surface area contributed by atoms with Crippen molar-refractivity contribution in [3.8, 4) is 0 Å². The van der Waals surface area contributed by atoms with Gasteiger partial charge in [0, 0.05) is 18.8 Å². The number of likely N-dealkylation sites (tertiary alicyclic amines) is 1. The molecular formula is C11H14N2O6S. The SMILES string of the molecule is O=C1NC(C(=O)N2CCC(C(=O)O)C(C(=O)O)C2)CS1. The Kier molecular flexibility index (Phi) is 4.17. The Labute approximate surface area is 118 Å². The first-order valence-corrected chi connectivity index (χ1v) is 7.06. The largest absolute Gasteiger partial charge is 0.481 e. The van der Waals surface area contributed by atoms with Gasteiger partial charge in [-0.15, -0.1) is 0 Å². The van der Waals surface area contributed by atoms with Crippen LogP contribution in [0.15, 0.2) is 0 Å². The molecule has 0 aliphatic carbocycles. The Morgan fingerprint density at radius 2 is 1.85 bits per heavy atom. The summed E-state index contributed by atoms with van der Waals surface area (Å²) in [7, 11) is 0. The number of hydrogen-bond acceptors (Lipinski definition) is 5. The Morgan fingerprint density at radius 1 is 1.20 bits per heavy atom. The summed E-state index contributed by atoms with van der Waals surface area (Å²) < 4.78 is 0. The van der Waals surface area contributed by atoms with Gasteiger partial charge in [0.15, 0.2) is 0 Å². The molecule has 9 heteroatoms. The van der Waals surface area contributed by atoms with Gasteiger partial charge < -0.3 is 20.4 Å². The van der Waals surface area contributed by atoms with E-state index in [1.54, 1.807) is 0 Å². The minimum Gasteiger partial charge on any atom is -0.481 e. The molecule has 0 aromatic carbocycles. The molecule has 2 fully saturated rings. The number of carboxylic acids is 2. The van der Waals surface area contributed by atoms with Crippen molar-refractivity contribution in [1.29, 1.82) is 0 Å². The standard InChI is InChI=1S/C11H14N2O6S/c14-8(7-4-20-11(19)12-7)13-2-1-5(9(15)16)6(3-13)10(17)18/h5-7H,1-4H2,(H,12,19)(H,15,16)(H,17,18). The van der Waals surface area contributed by atoms with E-state index >= 15 is 0 Å². The molecule has 3 unspecified atom stereocenters. The van der Waals surface area contributed by atoms with Crippen LogP contribution in [0.2, 0.25) is 0 Å². The number of nitrogens with zero attached hydrogens (tertiary/aromatic N) is 1. The second kappa shape index (κ2) is 5.70. The topological polar surface area (TPSA) is 124 Å². The Balaban J connectivity index is 2.04. The highest BCUT2D eigenvalue weighted by atomic mass is 32.2. The van der Waals surface area contributed by atoms with Crippen molar-refractivity contribution in [3.05, 3.63) is 0 Å². The van der Waals surface area contributed by atoms with Gasteiger partial charge in [-0.3, -0.25) is 19.2 Å². The molecule has 3 N–H and O–H groups in total. The molecule has 0 aromatic rings. The maximum atomic E-state index is 12.1. The number of amides is 2. The number of carboxylic acid groups (broad SMARTS) is 2. The second-order valence-corrected chi connectivity index (χ2v) is 5.75. The van der Waals surface area contributed by atoms with Crippen molar-refractivity contribution in [2.45, 2.75) is 12.5 Å². The summed E-state index contributed by atoms with van der Waals surface area (Å²) in [5, 5.41) is 20.3. The maximum absolute atomic E-state index is 12.1. The zero-order chi connectivity index (χ0) is 14.9. The predicted octanol–water partition coefficient (Wildman–Crippen LogP) is -0.555. The van der Waals surface area contributed by atoms with Gasteiger partial charge in [0.1, 0.15) is 6.04 Å². The molecule has 2 aliphatic rings. The van der Waals surface area contributed by atoms with Crippen LogP contribution in [-0.2, 0) is 14.4 Å². The third-order valence-corrected chi connectivity index (χ3v) is 4.41. The van der Waals surface area contributed by atoms with Gasteiger partial charge in [-0.2, -0.15) is 0 Å². The van der Waals surface area contributed by atoms with E-state index in [2.05, 4.69) is 5.32 Å². The van der Waals surface area contributed by atoms with E-state index in [0.717, 1.165) is 11.8 Å². The van der Waals surface area contributed by atoms with Crippen LogP contribution < -0.4 is 5.32 Å². The number of aliphatic carboxylic acids is 2. The van der Waals surface area contributed by atoms with Crippen LogP contribution in [0, 0.1) is 11.8 Å². The zero-order valence-electron chi connectivity index (χ0n) is 10.4. The highest BCUT2D eigenvalue weighted by molar-refractivity contribution is 8.14. The van der Waals surface area contributed by atoms with Gasteiger partial charge >= 0.3 is 11.9 Å². The maximum Gasteiger partial charge on any atom is 0.309 e. The van der Waals surface area contributed by atoms with E-state index < -0.39 is 29.8 Å². The molecule has 2 amide bonds. The molecule has 2 saturated heterocycles. The van der Waals surface area contributed by atoms with E-state index in [-0.39, 0.29) is 30.7 Å². The summed E-state index contributed by atoms with van der Waals surface area (Å²) in [4.78, 5) is 46.7. The van der Waals surface area contributed by atoms with E-state index in [9.17, 15) is 19.2 Å². The third kappa shape index (κ3) is 2.87. The normalized spacial score (nSPS) is 29.9. The summed E-state index contributed by atoms with van der Waals surface area (Å²) in [6.45, 7) is 0.0544. The minimum atomic E-state index is -1.22. The molecule has 20 heavy (non-hydrogen) atoms. The van der Waals surface area contributed by atoms with Crippen molar-refractivity contribution in [3.63, 3.8) is 0 Å². The van der Waals surface area contributed by atoms with Crippen LogP contribution in [0.1, 0.15) is 6.42 Å². The molecule has 0 radical (unpaired) electrons. The summed E-state index contributed by atoms with van der Waals surface area (Å²) in [6.07, 6.45) is 0.103. The molecular weight excluding hydrogens is 288 g/mol. The summed E-state index contributed by atoms with van der Waals surface area (Å²) >= 11 is 1.00. The Bertz CT molecular complexity index is 468. The zero-order valence-corrected chi connectivity index (χ0v) is 11.3. The number of carbonyl (C=O) groups excluding carboxylic acids is 2. The summed E-state index contributed by atoms with van der Waals surface area (Å²) in [5.41, 5.74) is 0. The lowest BCUT2D eigenvalue weighted by molar-refractivity contribution is -0.159. The summed E-state index contributed by atoms with van der Waals surface area (Å²) in [5.74, 6) is -4.51. The van der Waals surface area contributed by atoms with Gasteiger partial charge in [0.25, 0.3) is 5.24 Å². The lowest BCUT2D eigenvalue weighted by Crippen LogP contribution is -2.53. The first-order chi connectivity index (χ1) is 9.40. The van der Waals surface area contributed by atoms with E-state index in [1.807, 2.05) is 0 Å². The van der Waals surface area contributed by atoms with Gasteiger partial charge in [-0.1, -0.05) is 11.8 Å². The fourth-order valence-electron chi connectivity index (χ4n) is 2.44. The predicted molar refractivity (Wildman–Crippen MR) is 68.2 cm³/mol. The number of rotatable bonds is 3. The third-order valence-electron chi connectivity index (χ3n) is 3.53. The van der Waals surface area contributed by atoms with Crippen molar-refractivity contribution < 1.29 is 29.4 Å². The van der Waals surface area contributed by atoms with Crippen molar-refractivity contribution in [1.82, 2.24) is 10.2 Å².